The van der Waals surface area contributed by atoms with Gasteiger partial charge in [-0.25, -0.2) is 0 Å². The Kier molecular flexibility index (Phi) is 3.30. The molecule has 0 aromatic heterocycles. The molecule has 84 valence electrons. The van der Waals surface area contributed by atoms with Crippen LogP contribution in [0.15, 0.2) is 0 Å². The zero-order valence-corrected chi connectivity index (χ0v) is 10.7. The van der Waals surface area contributed by atoms with Crippen molar-refractivity contribution in [3.63, 3.8) is 0 Å². The molecule has 1 saturated heterocycles. The lowest BCUT2D eigenvalue weighted by molar-refractivity contribution is -0.178. The van der Waals surface area contributed by atoms with Crippen molar-refractivity contribution in [1.82, 2.24) is 0 Å². The van der Waals surface area contributed by atoms with Crippen LogP contribution in [0, 0.1) is 11.8 Å². The van der Waals surface area contributed by atoms with Gasteiger partial charge in [-0.3, -0.25) is 0 Å². The SMILES string of the molecule is CCC(C)C1CC(C)(C)OC(C)(C)C1. The Morgan fingerprint density at radius 2 is 1.57 bits per heavy atom. The van der Waals surface area contributed by atoms with E-state index in [1.165, 1.54) is 19.3 Å². The Labute approximate surface area is 89.2 Å². The molecular weight excluding hydrogens is 172 g/mol. The minimum absolute atomic E-state index is 0.0653. The molecule has 0 radical (unpaired) electrons. The predicted molar refractivity (Wildman–Crippen MR) is 61.4 cm³/mol. The lowest BCUT2D eigenvalue weighted by Gasteiger charge is -2.47. The number of hydrogen-bond acceptors (Lipinski definition) is 1. The van der Waals surface area contributed by atoms with E-state index in [0.717, 1.165) is 11.8 Å². The molecule has 1 atom stereocenters. The zero-order chi connectivity index (χ0) is 11.0. The van der Waals surface area contributed by atoms with Crippen molar-refractivity contribution in [3.8, 4) is 0 Å². The van der Waals surface area contributed by atoms with E-state index in [9.17, 15) is 0 Å². The smallest absolute Gasteiger partial charge is 0.0636 e. The third kappa shape index (κ3) is 2.98. The first-order chi connectivity index (χ1) is 6.26. The molecule has 0 N–H and O–H groups in total. The van der Waals surface area contributed by atoms with Crippen LogP contribution >= 0.6 is 0 Å². The van der Waals surface area contributed by atoms with Gasteiger partial charge in [0.15, 0.2) is 0 Å². The maximum atomic E-state index is 6.09. The maximum absolute atomic E-state index is 6.09. The van der Waals surface area contributed by atoms with Gasteiger partial charge in [-0.15, -0.1) is 0 Å². The minimum atomic E-state index is 0.0653. The summed E-state index contributed by atoms with van der Waals surface area (Å²) in [4.78, 5) is 0. The van der Waals surface area contributed by atoms with Crippen molar-refractivity contribution in [3.05, 3.63) is 0 Å². The van der Waals surface area contributed by atoms with Crippen LogP contribution in [-0.2, 0) is 4.74 Å². The molecule has 1 nitrogen and oxygen atoms in total. The van der Waals surface area contributed by atoms with Crippen molar-refractivity contribution in [2.75, 3.05) is 0 Å². The largest absolute Gasteiger partial charge is 0.370 e. The van der Waals surface area contributed by atoms with Crippen LogP contribution < -0.4 is 0 Å². The molecule has 0 saturated carbocycles. The molecule has 1 heterocycles. The van der Waals surface area contributed by atoms with Gasteiger partial charge >= 0.3 is 0 Å². The first-order valence-electron chi connectivity index (χ1n) is 5.96. The first-order valence-corrected chi connectivity index (χ1v) is 5.96. The molecule has 0 aromatic rings. The van der Waals surface area contributed by atoms with Gasteiger partial charge in [0.1, 0.15) is 0 Å². The molecule has 0 spiro atoms. The van der Waals surface area contributed by atoms with Gasteiger partial charge in [0.05, 0.1) is 11.2 Å². The summed E-state index contributed by atoms with van der Waals surface area (Å²) in [5.74, 6) is 1.66. The number of rotatable bonds is 2. The third-order valence-corrected chi connectivity index (χ3v) is 3.51. The van der Waals surface area contributed by atoms with Gasteiger partial charge in [0.2, 0.25) is 0 Å². The summed E-state index contributed by atoms with van der Waals surface area (Å²) in [6.45, 7) is 13.6. The zero-order valence-electron chi connectivity index (χ0n) is 10.7. The molecule has 1 aliphatic rings. The maximum Gasteiger partial charge on any atom is 0.0636 e. The molecule has 1 heteroatoms. The molecule has 1 unspecified atom stereocenters. The summed E-state index contributed by atoms with van der Waals surface area (Å²) in [6, 6.07) is 0. The van der Waals surface area contributed by atoms with Crippen LogP contribution in [0.5, 0.6) is 0 Å². The highest BCUT2D eigenvalue weighted by Gasteiger charge is 2.40. The number of hydrogen-bond donors (Lipinski definition) is 0. The topological polar surface area (TPSA) is 9.23 Å². The Hall–Kier alpha value is -0.0400. The van der Waals surface area contributed by atoms with Crippen LogP contribution in [-0.4, -0.2) is 11.2 Å². The van der Waals surface area contributed by atoms with Gasteiger partial charge in [0.25, 0.3) is 0 Å². The second-order valence-electron chi connectivity index (χ2n) is 6.18. The fraction of sp³-hybridized carbons (Fsp3) is 1.00. The van der Waals surface area contributed by atoms with Crippen molar-refractivity contribution < 1.29 is 4.74 Å². The van der Waals surface area contributed by atoms with Gasteiger partial charge in [0, 0.05) is 0 Å². The van der Waals surface area contributed by atoms with Crippen molar-refractivity contribution in [1.29, 1.82) is 0 Å². The fourth-order valence-electron chi connectivity index (χ4n) is 2.90. The molecule has 0 aliphatic carbocycles. The summed E-state index contributed by atoms with van der Waals surface area (Å²) < 4.78 is 6.09. The average Bonchev–Trinajstić information content (AvgIpc) is 1.97. The molecule has 0 aromatic carbocycles. The van der Waals surface area contributed by atoms with E-state index in [1.54, 1.807) is 0 Å². The second kappa shape index (κ2) is 3.84. The summed E-state index contributed by atoms with van der Waals surface area (Å²) in [7, 11) is 0. The summed E-state index contributed by atoms with van der Waals surface area (Å²) in [5.41, 5.74) is 0.131. The van der Waals surface area contributed by atoms with Crippen molar-refractivity contribution >= 4 is 0 Å². The van der Waals surface area contributed by atoms with E-state index >= 15 is 0 Å². The Morgan fingerprint density at radius 1 is 1.14 bits per heavy atom. The van der Waals surface area contributed by atoms with Gasteiger partial charge < -0.3 is 4.74 Å². The van der Waals surface area contributed by atoms with E-state index in [0.29, 0.717) is 0 Å². The number of ether oxygens (including phenoxy) is 1. The lowest BCUT2D eigenvalue weighted by atomic mass is 9.74. The Morgan fingerprint density at radius 3 is 1.93 bits per heavy atom. The summed E-state index contributed by atoms with van der Waals surface area (Å²) in [6.07, 6.45) is 3.72. The molecule has 1 rings (SSSR count). The van der Waals surface area contributed by atoms with Crippen molar-refractivity contribution in [2.45, 2.75) is 72.0 Å². The third-order valence-electron chi connectivity index (χ3n) is 3.51. The van der Waals surface area contributed by atoms with Gasteiger partial charge in [-0.05, 0) is 52.4 Å². The van der Waals surface area contributed by atoms with Gasteiger partial charge in [-0.2, -0.15) is 0 Å². The molecule has 1 aliphatic heterocycles. The fourth-order valence-corrected chi connectivity index (χ4v) is 2.90. The van der Waals surface area contributed by atoms with Crippen LogP contribution in [0.3, 0.4) is 0 Å². The lowest BCUT2D eigenvalue weighted by Crippen LogP contribution is -2.46. The first kappa shape index (κ1) is 12.0. The Bertz CT molecular complexity index is 177. The average molecular weight is 198 g/mol. The summed E-state index contributed by atoms with van der Waals surface area (Å²) >= 11 is 0. The van der Waals surface area contributed by atoms with Crippen LogP contribution in [0.2, 0.25) is 0 Å². The predicted octanol–water partition coefficient (Wildman–Crippen LogP) is 4.02. The normalized spacial score (nSPS) is 28.7. The van der Waals surface area contributed by atoms with Crippen LogP contribution in [0.1, 0.15) is 60.8 Å². The van der Waals surface area contributed by atoms with E-state index in [2.05, 4.69) is 41.5 Å². The van der Waals surface area contributed by atoms with E-state index in [4.69, 9.17) is 4.74 Å². The highest BCUT2D eigenvalue weighted by atomic mass is 16.5. The van der Waals surface area contributed by atoms with Crippen LogP contribution in [0.4, 0.5) is 0 Å². The quantitative estimate of drug-likeness (QED) is 0.651. The molecule has 0 amide bonds. The molecule has 14 heavy (non-hydrogen) atoms. The van der Waals surface area contributed by atoms with Crippen molar-refractivity contribution in [2.24, 2.45) is 11.8 Å². The van der Waals surface area contributed by atoms with E-state index in [1.807, 2.05) is 0 Å². The molecule has 0 bridgehead atoms. The second-order valence-corrected chi connectivity index (χ2v) is 6.18. The standard InChI is InChI=1S/C13H26O/c1-7-10(2)11-8-12(3,4)14-13(5,6)9-11/h10-11H,7-9H2,1-6H3. The summed E-state index contributed by atoms with van der Waals surface area (Å²) in [5, 5.41) is 0. The van der Waals surface area contributed by atoms with Crippen LogP contribution in [0.25, 0.3) is 0 Å². The molecule has 1 fully saturated rings. The highest BCUT2D eigenvalue weighted by Crippen LogP contribution is 2.42. The monoisotopic (exact) mass is 198 g/mol. The van der Waals surface area contributed by atoms with Gasteiger partial charge in [-0.1, -0.05) is 20.3 Å². The highest BCUT2D eigenvalue weighted by molar-refractivity contribution is 4.89. The van der Waals surface area contributed by atoms with E-state index in [-0.39, 0.29) is 11.2 Å². The van der Waals surface area contributed by atoms with E-state index < -0.39 is 0 Å². The Balaban J connectivity index is 2.71. The molecular formula is C13H26O. The minimum Gasteiger partial charge on any atom is -0.370 e.